The van der Waals surface area contributed by atoms with Gasteiger partial charge < -0.3 is 15.0 Å². The number of piperidine rings is 2. The van der Waals surface area contributed by atoms with E-state index in [1.165, 1.54) is 11.3 Å². The van der Waals surface area contributed by atoms with Crippen molar-refractivity contribution in [3.63, 3.8) is 0 Å². The molecule has 2 aromatic rings. The summed E-state index contributed by atoms with van der Waals surface area (Å²) < 4.78 is 6.63. The number of methoxy groups -OCH3 is 1. The number of ether oxygens (including phenoxy) is 1. The molecule has 8 heteroatoms. The molecule has 1 N–H and O–H groups in total. The van der Waals surface area contributed by atoms with Gasteiger partial charge in [-0.2, -0.15) is 0 Å². The number of anilines is 1. The van der Waals surface area contributed by atoms with Gasteiger partial charge in [-0.3, -0.25) is 14.5 Å². The van der Waals surface area contributed by atoms with E-state index in [9.17, 15) is 9.59 Å². The molecular formula is C21H28N4O3S. The largest absolute Gasteiger partial charge is 0.380 e. The fourth-order valence-corrected chi connectivity index (χ4v) is 5.56. The number of hydrogen-bond donors (Lipinski definition) is 1. The number of amides is 2. The number of carbonyl (C=O) groups is 2. The molecule has 1 unspecified atom stereocenters. The Kier molecular flexibility index (Phi) is 5.59. The first-order chi connectivity index (χ1) is 13.9. The minimum absolute atomic E-state index is 0.0560. The van der Waals surface area contributed by atoms with E-state index < -0.39 is 0 Å². The molecular weight excluding hydrogens is 388 g/mol. The molecule has 7 nitrogen and oxygen atoms in total. The molecule has 2 saturated heterocycles. The van der Waals surface area contributed by atoms with Gasteiger partial charge in [-0.05, 0) is 50.9 Å². The third kappa shape index (κ3) is 4.01. The lowest BCUT2D eigenvalue weighted by atomic mass is 9.71. The van der Waals surface area contributed by atoms with Gasteiger partial charge in [0.05, 0.1) is 28.3 Å². The lowest BCUT2D eigenvalue weighted by molar-refractivity contribution is -0.155. The molecule has 2 fully saturated rings. The van der Waals surface area contributed by atoms with Crippen LogP contribution in [-0.2, 0) is 14.3 Å². The Balaban J connectivity index is 1.34. The van der Waals surface area contributed by atoms with Crippen LogP contribution in [0.25, 0.3) is 10.2 Å². The Morgan fingerprint density at radius 1 is 1.38 bits per heavy atom. The van der Waals surface area contributed by atoms with E-state index in [-0.39, 0.29) is 23.3 Å². The first kappa shape index (κ1) is 20.3. The second-order valence-corrected chi connectivity index (χ2v) is 9.32. The monoisotopic (exact) mass is 416 g/mol. The SMILES string of the molecule is COC1CN(C)C(=O)C2(CCN(CC(=O)Nc3nc4c(C)cccc4s3)CC2)C1. The second-order valence-electron chi connectivity index (χ2n) is 8.29. The molecule has 0 aliphatic carbocycles. The van der Waals surface area contributed by atoms with Gasteiger partial charge in [0, 0.05) is 20.7 Å². The number of nitrogens with zero attached hydrogens (tertiary/aromatic N) is 3. The first-order valence-electron chi connectivity index (χ1n) is 10.1. The molecule has 1 aromatic heterocycles. The Morgan fingerprint density at radius 2 is 2.14 bits per heavy atom. The van der Waals surface area contributed by atoms with E-state index in [2.05, 4.69) is 15.2 Å². The van der Waals surface area contributed by atoms with Gasteiger partial charge >= 0.3 is 0 Å². The zero-order valence-electron chi connectivity index (χ0n) is 17.2. The summed E-state index contributed by atoms with van der Waals surface area (Å²) in [6, 6.07) is 6.05. The van der Waals surface area contributed by atoms with E-state index in [1.807, 2.05) is 32.2 Å². The predicted molar refractivity (Wildman–Crippen MR) is 114 cm³/mol. The number of carbonyl (C=O) groups excluding carboxylic acids is 2. The summed E-state index contributed by atoms with van der Waals surface area (Å²) in [4.78, 5) is 33.8. The number of para-hydroxylation sites is 1. The van der Waals surface area contributed by atoms with Crippen molar-refractivity contribution >= 4 is 38.5 Å². The van der Waals surface area contributed by atoms with E-state index in [0.717, 1.165) is 48.1 Å². The average Bonchev–Trinajstić information content (AvgIpc) is 3.11. The van der Waals surface area contributed by atoms with E-state index in [1.54, 1.807) is 12.0 Å². The maximum absolute atomic E-state index is 12.8. The molecule has 2 amide bonds. The second kappa shape index (κ2) is 8.01. The molecule has 156 valence electrons. The Labute approximate surface area is 175 Å². The number of hydrogen-bond acceptors (Lipinski definition) is 6. The molecule has 4 rings (SSSR count). The number of aryl methyl sites for hydroxylation is 1. The Morgan fingerprint density at radius 3 is 2.83 bits per heavy atom. The van der Waals surface area contributed by atoms with Crippen molar-refractivity contribution < 1.29 is 14.3 Å². The zero-order valence-corrected chi connectivity index (χ0v) is 18.1. The summed E-state index contributed by atoms with van der Waals surface area (Å²) in [7, 11) is 3.57. The van der Waals surface area contributed by atoms with Crippen molar-refractivity contribution in [2.24, 2.45) is 5.41 Å². The zero-order chi connectivity index (χ0) is 20.6. The molecule has 2 aliphatic heterocycles. The van der Waals surface area contributed by atoms with Crippen LogP contribution in [-0.4, -0.2) is 73.0 Å². The molecule has 0 saturated carbocycles. The number of benzene rings is 1. The minimum atomic E-state index is -0.342. The fourth-order valence-electron chi connectivity index (χ4n) is 4.60. The van der Waals surface area contributed by atoms with Crippen molar-refractivity contribution in [3.05, 3.63) is 23.8 Å². The Hall–Kier alpha value is -2.03. The fraction of sp³-hybridized carbons (Fsp3) is 0.571. The highest BCUT2D eigenvalue weighted by Crippen LogP contribution is 2.41. The molecule has 29 heavy (non-hydrogen) atoms. The molecule has 1 aromatic carbocycles. The van der Waals surface area contributed by atoms with Gasteiger partial charge in [0.1, 0.15) is 0 Å². The van der Waals surface area contributed by atoms with Crippen LogP contribution in [0, 0.1) is 12.3 Å². The standard InChI is InChI=1S/C21H28N4O3S/c1-14-5-4-6-16-18(14)23-20(29-16)22-17(26)13-25-9-7-21(8-10-25)11-15(28-3)12-24(2)19(21)27/h4-6,15H,7-13H2,1-3H3,(H,22,23,26). The van der Waals surface area contributed by atoms with Gasteiger partial charge in [-0.1, -0.05) is 23.5 Å². The van der Waals surface area contributed by atoms with Crippen molar-refractivity contribution in [1.82, 2.24) is 14.8 Å². The highest BCUT2D eigenvalue weighted by atomic mass is 32.1. The molecule has 1 atom stereocenters. The third-order valence-electron chi connectivity index (χ3n) is 6.28. The van der Waals surface area contributed by atoms with Crippen LogP contribution in [0.15, 0.2) is 18.2 Å². The van der Waals surface area contributed by atoms with Crippen LogP contribution in [0.3, 0.4) is 0 Å². The van der Waals surface area contributed by atoms with Crippen LogP contribution in [0.1, 0.15) is 24.8 Å². The summed E-state index contributed by atoms with van der Waals surface area (Å²) >= 11 is 1.50. The summed E-state index contributed by atoms with van der Waals surface area (Å²) in [6.45, 7) is 4.48. The molecule has 3 heterocycles. The normalized spacial score (nSPS) is 22.4. The van der Waals surface area contributed by atoms with Crippen LogP contribution in [0.2, 0.25) is 0 Å². The molecule has 0 radical (unpaired) electrons. The van der Waals surface area contributed by atoms with Crippen molar-refractivity contribution in [2.45, 2.75) is 32.3 Å². The van der Waals surface area contributed by atoms with Gasteiger partial charge in [0.15, 0.2) is 5.13 Å². The number of likely N-dealkylation sites (N-methyl/N-ethyl adjacent to an activating group) is 1. The van der Waals surface area contributed by atoms with E-state index in [4.69, 9.17) is 4.74 Å². The van der Waals surface area contributed by atoms with Crippen molar-refractivity contribution in [1.29, 1.82) is 0 Å². The summed E-state index contributed by atoms with van der Waals surface area (Å²) in [5, 5.41) is 3.58. The number of rotatable bonds is 4. The maximum Gasteiger partial charge on any atom is 0.240 e. The maximum atomic E-state index is 12.8. The van der Waals surface area contributed by atoms with Crippen molar-refractivity contribution in [2.75, 3.05) is 45.7 Å². The van der Waals surface area contributed by atoms with Gasteiger partial charge in [-0.15, -0.1) is 0 Å². The van der Waals surface area contributed by atoms with Gasteiger partial charge in [-0.25, -0.2) is 4.98 Å². The lowest BCUT2D eigenvalue weighted by Crippen LogP contribution is -2.57. The highest BCUT2D eigenvalue weighted by Gasteiger charge is 2.47. The topological polar surface area (TPSA) is 74.8 Å². The summed E-state index contributed by atoms with van der Waals surface area (Å²) in [5.41, 5.74) is 1.71. The molecule has 2 aliphatic rings. The summed E-state index contributed by atoms with van der Waals surface area (Å²) in [6.07, 6.45) is 2.40. The predicted octanol–water partition coefficient (Wildman–Crippen LogP) is 2.50. The van der Waals surface area contributed by atoms with Crippen LogP contribution < -0.4 is 5.32 Å². The van der Waals surface area contributed by atoms with Crippen molar-refractivity contribution in [3.8, 4) is 0 Å². The molecule has 1 spiro atoms. The average molecular weight is 417 g/mol. The van der Waals surface area contributed by atoms with E-state index in [0.29, 0.717) is 18.2 Å². The number of likely N-dealkylation sites (tertiary alicyclic amines) is 2. The quantitative estimate of drug-likeness (QED) is 0.829. The molecule has 0 bridgehead atoms. The number of aromatic nitrogens is 1. The van der Waals surface area contributed by atoms with Gasteiger partial charge in [0.25, 0.3) is 0 Å². The van der Waals surface area contributed by atoms with Crippen LogP contribution >= 0.6 is 11.3 Å². The number of thiazole rings is 1. The van der Waals surface area contributed by atoms with Gasteiger partial charge in [0.2, 0.25) is 11.8 Å². The minimum Gasteiger partial charge on any atom is -0.380 e. The third-order valence-corrected chi connectivity index (χ3v) is 7.21. The first-order valence-corrected chi connectivity index (χ1v) is 10.9. The number of nitrogens with one attached hydrogen (secondary N) is 1. The van der Waals surface area contributed by atoms with Crippen LogP contribution in [0.4, 0.5) is 5.13 Å². The highest BCUT2D eigenvalue weighted by molar-refractivity contribution is 7.22. The summed E-state index contributed by atoms with van der Waals surface area (Å²) in [5.74, 6) is 0.166. The van der Waals surface area contributed by atoms with E-state index >= 15 is 0 Å². The number of fused-ring (bicyclic) bond motifs is 1. The smallest absolute Gasteiger partial charge is 0.240 e. The lowest BCUT2D eigenvalue weighted by Gasteiger charge is -2.47. The Bertz CT molecular complexity index is 920. The van der Waals surface area contributed by atoms with Crippen LogP contribution in [0.5, 0.6) is 0 Å².